The molecule has 0 aliphatic rings. The van der Waals surface area contributed by atoms with Crippen molar-refractivity contribution in [3.8, 4) is 11.5 Å². The summed E-state index contributed by atoms with van der Waals surface area (Å²) in [5.74, 6) is 0.292. The highest BCUT2D eigenvalue weighted by molar-refractivity contribution is 5.52. The van der Waals surface area contributed by atoms with E-state index in [1.165, 1.54) is 6.07 Å². The molecule has 2 aromatic rings. The molecule has 1 aromatic heterocycles. The SMILES string of the molecule is CC.Cc1nnc(-c2ccccc2F)o1. The fraction of sp³-hybridized carbons (Fsp3) is 0.273. The standard InChI is InChI=1S/C9H7FN2O.C2H6/c1-6-11-12-9(13-6)7-4-2-3-5-8(7)10;1-2/h2-5H,1H3;1-2H3. The maximum absolute atomic E-state index is 13.2. The quantitative estimate of drug-likeness (QED) is 0.722. The molecule has 0 amide bonds. The average Bonchev–Trinajstić information content (AvgIpc) is 2.68. The summed E-state index contributed by atoms with van der Waals surface area (Å²) in [7, 11) is 0. The summed E-state index contributed by atoms with van der Waals surface area (Å²) in [6.07, 6.45) is 0. The van der Waals surface area contributed by atoms with Crippen LogP contribution >= 0.6 is 0 Å². The largest absolute Gasteiger partial charge is 0.421 e. The lowest BCUT2D eigenvalue weighted by atomic mass is 10.2. The Bertz CT molecular complexity index is 426. The van der Waals surface area contributed by atoms with E-state index in [9.17, 15) is 4.39 Å². The second-order valence-electron chi connectivity index (χ2n) is 2.61. The highest BCUT2D eigenvalue weighted by Gasteiger charge is 2.09. The van der Waals surface area contributed by atoms with E-state index in [1.807, 2.05) is 13.8 Å². The lowest BCUT2D eigenvalue weighted by Crippen LogP contribution is -1.82. The number of halogens is 1. The van der Waals surface area contributed by atoms with Gasteiger partial charge in [-0.1, -0.05) is 26.0 Å². The number of aryl methyl sites for hydroxylation is 1. The Labute approximate surface area is 88.0 Å². The first kappa shape index (κ1) is 11.4. The Kier molecular flexibility index (Phi) is 3.97. The van der Waals surface area contributed by atoms with E-state index in [-0.39, 0.29) is 11.7 Å². The highest BCUT2D eigenvalue weighted by Crippen LogP contribution is 2.20. The molecule has 0 radical (unpaired) electrons. The van der Waals surface area contributed by atoms with Crippen LogP contribution in [0.15, 0.2) is 28.7 Å². The van der Waals surface area contributed by atoms with Crippen LogP contribution in [0.4, 0.5) is 4.39 Å². The van der Waals surface area contributed by atoms with Crippen molar-refractivity contribution in [1.29, 1.82) is 0 Å². The molecule has 80 valence electrons. The van der Waals surface area contributed by atoms with E-state index in [1.54, 1.807) is 25.1 Å². The molecule has 0 bridgehead atoms. The van der Waals surface area contributed by atoms with Crippen LogP contribution in [0.3, 0.4) is 0 Å². The second-order valence-corrected chi connectivity index (χ2v) is 2.61. The molecule has 3 nitrogen and oxygen atoms in total. The Balaban J connectivity index is 0.000000531. The van der Waals surface area contributed by atoms with E-state index >= 15 is 0 Å². The van der Waals surface area contributed by atoms with Crippen molar-refractivity contribution >= 4 is 0 Å². The molecular weight excluding hydrogens is 195 g/mol. The maximum Gasteiger partial charge on any atom is 0.250 e. The van der Waals surface area contributed by atoms with Crippen LogP contribution in [0.25, 0.3) is 11.5 Å². The van der Waals surface area contributed by atoms with Crippen LogP contribution in [0.1, 0.15) is 19.7 Å². The summed E-state index contributed by atoms with van der Waals surface area (Å²) in [6, 6.07) is 6.29. The number of rotatable bonds is 1. The fourth-order valence-corrected chi connectivity index (χ4v) is 1.04. The number of nitrogens with zero attached hydrogens (tertiary/aromatic N) is 2. The Morgan fingerprint density at radius 1 is 1.13 bits per heavy atom. The minimum Gasteiger partial charge on any atom is -0.421 e. The molecule has 0 N–H and O–H groups in total. The van der Waals surface area contributed by atoms with Crippen LogP contribution < -0.4 is 0 Å². The summed E-state index contributed by atoms with van der Waals surface area (Å²) in [5.41, 5.74) is 0.336. The third-order valence-corrected chi connectivity index (χ3v) is 1.63. The van der Waals surface area contributed by atoms with Crippen molar-refractivity contribution in [3.63, 3.8) is 0 Å². The molecule has 0 aliphatic carbocycles. The molecule has 0 aliphatic heterocycles. The molecule has 1 heterocycles. The Hall–Kier alpha value is -1.71. The zero-order valence-corrected chi connectivity index (χ0v) is 8.99. The van der Waals surface area contributed by atoms with Crippen molar-refractivity contribution in [2.24, 2.45) is 0 Å². The number of benzene rings is 1. The van der Waals surface area contributed by atoms with Crippen LogP contribution in [-0.2, 0) is 0 Å². The molecule has 1 aromatic carbocycles. The summed E-state index contributed by atoms with van der Waals surface area (Å²) < 4.78 is 18.2. The monoisotopic (exact) mass is 208 g/mol. The number of hydrogen-bond donors (Lipinski definition) is 0. The zero-order valence-electron chi connectivity index (χ0n) is 8.99. The molecule has 4 heteroatoms. The lowest BCUT2D eigenvalue weighted by molar-refractivity contribution is 0.526. The molecule has 2 rings (SSSR count). The summed E-state index contributed by atoms with van der Waals surface area (Å²) >= 11 is 0. The number of aromatic nitrogens is 2. The van der Waals surface area contributed by atoms with Gasteiger partial charge in [0, 0.05) is 6.92 Å². The minimum absolute atomic E-state index is 0.218. The Morgan fingerprint density at radius 3 is 2.33 bits per heavy atom. The summed E-state index contributed by atoms with van der Waals surface area (Å²) in [5, 5.41) is 7.34. The first-order chi connectivity index (χ1) is 7.27. The smallest absolute Gasteiger partial charge is 0.250 e. The van der Waals surface area contributed by atoms with E-state index < -0.39 is 0 Å². The van der Waals surface area contributed by atoms with Crippen molar-refractivity contribution in [2.45, 2.75) is 20.8 Å². The molecule has 0 atom stereocenters. The summed E-state index contributed by atoms with van der Waals surface area (Å²) in [6.45, 7) is 5.66. The maximum atomic E-state index is 13.2. The first-order valence-corrected chi connectivity index (χ1v) is 4.82. The van der Waals surface area contributed by atoms with Crippen LogP contribution in [0.5, 0.6) is 0 Å². The van der Waals surface area contributed by atoms with Gasteiger partial charge in [0.15, 0.2) is 0 Å². The van der Waals surface area contributed by atoms with Crippen molar-refractivity contribution < 1.29 is 8.81 Å². The van der Waals surface area contributed by atoms with Gasteiger partial charge in [0.25, 0.3) is 5.89 Å². The topological polar surface area (TPSA) is 38.9 Å². The summed E-state index contributed by atoms with van der Waals surface area (Å²) in [4.78, 5) is 0. The second kappa shape index (κ2) is 5.24. The van der Waals surface area contributed by atoms with Crippen LogP contribution in [0, 0.1) is 12.7 Å². The van der Waals surface area contributed by atoms with Gasteiger partial charge in [-0.3, -0.25) is 0 Å². The van der Waals surface area contributed by atoms with Gasteiger partial charge in [0.1, 0.15) is 5.82 Å². The zero-order chi connectivity index (χ0) is 11.3. The van der Waals surface area contributed by atoms with E-state index in [0.717, 1.165) is 0 Å². The molecule has 0 saturated carbocycles. The average molecular weight is 208 g/mol. The van der Waals surface area contributed by atoms with Gasteiger partial charge in [-0.2, -0.15) is 0 Å². The molecule has 0 unspecified atom stereocenters. The third-order valence-electron chi connectivity index (χ3n) is 1.63. The predicted octanol–water partition coefficient (Wildman–Crippen LogP) is 3.21. The van der Waals surface area contributed by atoms with Crippen molar-refractivity contribution in [1.82, 2.24) is 10.2 Å². The van der Waals surface area contributed by atoms with Gasteiger partial charge in [-0.15, -0.1) is 10.2 Å². The highest BCUT2D eigenvalue weighted by atomic mass is 19.1. The molecule has 0 spiro atoms. The van der Waals surface area contributed by atoms with Crippen LogP contribution in [0.2, 0.25) is 0 Å². The van der Waals surface area contributed by atoms with Gasteiger partial charge in [0.05, 0.1) is 5.56 Å². The van der Waals surface area contributed by atoms with Gasteiger partial charge in [-0.05, 0) is 12.1 Å². The predicted molar refractivity (Wildman–Crippen MR) is 55.8 cm³/mol. The van der Waals surface area contributed by atoms with Gasteiger partial charge in [0.2, 0.25) is 5.89 Å². The van der Waals surface area contributed by atoms with E-state index in [2.05, 4.69) is 10.2 Å². The van der Waals surface area contributed by atoms with Crippen LogP contribution in [-0.4, -0.2) is 10.2 Å². The molecule has 15 heavy (non-hydrogen) atoms. The van der Waals surface area contributed by atoms with Gasteiger partial charge >= 0.3 is 0 Å². The molecule has 0 fully saturated rings. The Morgan fingerprint density at radius 2 is 1.80 bits per heavy atom. The third kappa shape index (κ3) is 2.62. The van der Waals surface area contributed by atoms with Crippen molar-refractivity contribution in [2.75, 3.05) is 0 Å². The van der Waals surface area contributed by atoms with E-state index in [4.69, 9.17) is 4.42 Å². The lowest BCUT2D eigenvalue weighted by Gasteiger charge is -1.94. The molecule has 0 saturated heterocycles. The van der Waals surface area contributed by atoms with Gasteiger partial charge < -0.3 is 4.42 Å². The molecular formula is C11H13FN2O. The number of hydrogen-bond acceptors (Lipinski definition) is 3. The van der Waals surface area contributed by atoms with E-state index in [0.29, 0.717) is 11.5 Å². The van der Waals surface area contributed by atoms with Gasteiger partial charge in [-0.25, -0.2) is 4.39 Å². The fourth-order valence-electron chi connectivity index (χ4n) is 1.04. The van der Waals surface area contributed by atoms with Crippen molar-refractivity contribution in [3.05, 3.63) is 36.0 Å². The minimum atomic E-state index is -0.355. The normalized spacial score (nSPS) is 9.33. The first-order valence-electron chi connectivity index (χ1n) is 4.82.